The summed E-state index contributed by atoms with van der Waals surface area (Å²) in [6.07, 6.45) is -0.911. The van der Waals surface area contributed by atoms with Crippen molar-refractivity contribution < 1.29 is 28.2 Å². The van der Waals surface area contributed by atoms with Gasteiger partial charge in [0.15, 0.2) is 0 Å². The maximum absolute atomic E-state index is 13.6. The van der Waals surface area contributed by atoms with E-state index in [1.54, 1.807) is 0 Å². The molecule has 3 atom stereocenters. The van der Waals surface area contributed by atoms with Crippen molar-refractivity contribution in [2.45, 2.75) is 38.7 Å². The Labute approximate surface area is 130 Å². The molecule has 0 aromatic carbocycles. The fraction of sp³-hybridized carbons (Fsp3) is 0.500. The summed E-state index contributed by atoms with van der Waals surface area (Å²) in [7, 11) is 0. The number of halogens is 1. The molecule has 2 N–H and O–H groups in total. The first-order valence-corrected chi connectivity index (χ1v) is 6.91. The highest BCUT2D eigenvalue weighted by Crippen LogP contribution is 2.30. The maximum Gasteiger partial charge on any atom is 0.303 e. The van der Waals surface area contributed by atoms with Gasteiger partial charge >= 0.3 is 11.9 Å². The van der Waals surface area contributed by atoms with E-state index in [1.165, 1.54) is 26.1 Å². The normalized spacial score (nSPS) is 23.5. The number of esters is 2. The number of hydrogen-bond donors (Lipinski definition) is 1. The molecule has 0 bridgehead atoms. The van der Waals surface area contributed by atoms with Crippen LogP contribution in [0.2, 0.25) is 0 Å². The lowest BCUT2D eigenvalue weighted by atomic mass is 10.2. The standard InChI is InChI=1S/C14H17FN2O6/c1-7(18)21-6-11-10(22-8(2)19)5-12(23-11)17-4-3-9(16)13(15)14(17)20/h3-4,10-12H,5-6,16H2,1-2H3/t10-,11+,12+/m0/s1. The largest absolute Gasteiger partial charge is 0.463 e. The van der Waals surface area contributed by atoms with Crippen molar-refractivity contribution in [3.8, 4) is 0 Å². The minimum atomic E-state index is -1.08. The third-order valence-electron chi connectivity index (χ3n) is 3.35. The number of ether oxygens (including phenoxy) is 3. The smallest absolute Gasteiger partial charge is 0.303 e. The lowest BCUT2D eigenvalue weighted by Gasteiger charge is -2.17. The van der Waals surface area contributed by atoms with Crippen LogP contribution in [0, 0.1) is 5.82 Å². The molecule has 1 saturated heterocycles. The van der Waals surface area contributed by atoms with Gasteiger partial charge in [-0.15, -0.1) is 0 Å². The van der Waals surface area contributed by atoms with Gasteiger partial charge in [-0.25, -0.2) is 0 Å². The van der Waals surface area contributed by atoms with Crippen LogP contribution in [0.3, 0.4) is 0 Å². The number of hydrogen-bond acceptors (Lipinski definition) is 7. The molecule has 0 spiro atoms. The van der Waals surface area contributed by atoms with Crippen LogP contribution < -0.4 is 11.3 Å². The molecule has 126 valence electrons. The van der Waals surface area contributed by atoms with Gasteiger partial charge in [0.25, 0.3) is 5.56 Å². The van der Waals surface area contributed by atoms with Gasteiger partial charge in [-0.2, -0.15) is 4.39 Å². The summed E-state index contributed by atoms with van der Waals surface area (Å²) in [6.45, 7) is 2.31. The van der Waals surface area contributed by atoms with Crippen molar-refractivity contribution in [2.24, 2.45) is 0 Å². The van der Waals surface area contributed by atoms with Crippen LogP contribution in [0.25, 0.3) is 0 Å². The van der Waals surface area contributed by atoms with Gasteiger partial charge in [0.05, 0.1) is 5.69 Å². The molecule has 1 aliphatic rings. The lowest BCUT2D eigenvalue weighted by Crippen LogP contribution is -2.31. The molecule has 0 amide bonds. The molecule has 2 rings (SSSR count). The van der Waals surface area contributed by atoms with E-state index in [0.29, 0.717) is 0 Å². The van der Waals surface area contributed by atoms with E-state index < -0.39 is 41.8 Å². The monoisotopic (exact) mass is 328 g/mol. The van der Waals surface area contributed by atoms with Gasteiger partial charge in [-0.1, -0.05) is 0 Å². The van der Waals surface area contributed by atoms with Crippen LogP contribution in [0.4, 0.5) is 10.1 Å². The maximum atomic E-state index is 13.6. The Bertz CT molecular complexity index is 674. The number of nitrogens with zero attached hydrogens (tertiary/aromatic N) is 1. The van der Waals surface area contributed by atoms with Gasteiger partial charge in [0, 0.05) is 26.5 Å². The second-order valence-corrected chi connectivity index (χ2v) is 5.11. The summed E-state index contributed by atoms with van der Waals surface area (Å²) >= 11 is 0. The number of pyridine rings is 1. The van der Waals surface area contributed by atoms with Crippen LogP contribution in [0.15, 0.2) is 17.1 Å². The number of rotatable bonds is 4. The SMILES string of the molecule is CC(=O)OC[C@H]1O[C@@H](n2ccc(N)c(F)c2=O)C[C@@H]1OC(C)=O. The molecular formula is C14H17FN2O6. The second-order valence-electron chi connectivity index (χ2n) is 5.11. The first kappa shape index (κ1) is 16.9. The Balaban J connectivity index is 2.21. The predicted octanol–water partition coefficient (Wildman–Crippen LogP) is 0.352. The molecule has 0 saturated carbocycles. The van der Waals surface area contributed by atoms with Gasteiger partial charge < -0.3 is 19.9 Å². The van der Waals surface area contributed by atoms with Crippen molar-refractivity contribution in [2.75, 3.05) is 12.3 Å². The molecule has 1 aromatic rings. The van der Waals surface area contributed by atoms with Crippen molar-refractivity contribution in [1.29, 1.82) is 0 Å². The molecule has 9 heteroatoms. The molecule has 1 aromatic heterocycles. The molecule has 1 aliphatic heterocycles. The summed E-state index contributed by atoms with van der Waals surface area (Å²) in [5.41, 5.74) is 4.13. The number of carbonyl (C=O) groups is 2. The highest BCUT2D eigenvalue weighted by molar-refractivity contribution is 5.66. The summed E-state index contributed by atoms with van der Waals surface area (Å²) in [5, 5.41) is 0. The summed E-state index contributed by atoms with van der Waals surface area (Å²) in [4.78, 5) is 34.0. The topological polar surface area (TPSA) is 110 Å². The van der Waals surface area contributed by atoms with Gasteiger partial charge in [-0.3, -0.25) is 19.0 Å². The molecule has 0 radical (unpaired) electrons. The summed E-state index contributed by atoms with van der Waals surface area (Å²) in [6, 6.07) is 1.24. The molecule has 8 nitrogen and oxygen atoms in total. The van der Waals surface area contributed by atoms with Crippen molar-refractivity contribution in [1.82, 2.24) is 4.57 Å². The minimum Gasteiger partial charge on any atom is -0.463 e. The summed E-state index contributed by atoms with van der Waals surface area (Å²) in [5.74, 6) is -2.14. The number of anilines is 1. The number of nitrogens with two attached hydrogens (primary N) is 1. The average Bonchev–Trinajstić information content (AvgIpc) is 2.84. The van der Waals surface area contributed by atoms with Gasteiger partial charge in [0.2, 0.25) is 5.82 Å². The van der Waals surface area contributed by atoms with E-state index in [-0.39, 0.29) is 18.7 Å². The van der Waals surface area contributed by atoms with Crippen LogP contribution in [0.1, 0.15) is 26.5 Å². The molecule has 23 heavy (non-hydrogen) atoms. The molecule has 2 heterocycles. The zero-order valence-electron chi connectivity index (χ0n) is 12.7. The van der Waals surface area contributed by atoms with E-state index in [2.05, 4.69) is 0 Å². The molecular weight excluding hydrogens is 311 g/mol. The van der Waals surface area contributed by atoms with Crippen molar-refractivity contribution in [3.05, 3.63) is 28.4 Å². The molecule has 1 fully saturated rings. The van der Waals surface area contributed by atoms with E-state index in [4.69, 9.17) is 19.9 Å². The highest BCUT2D eigenvalue weighted by atomic mass is 19.1. The van der Waals surface area contributed by atoms with E-state index >= 15 is 0 Å². The highest BCUT2D eigenvalue weighted by Gasteiger charge is 2.39. The molecule has 0 aliphatic carbocycles. The third-order valence-corrected chi connectivity index (χ3v) is 3.35. The minimum absolute atomic E-state index is 0.120. The lowest BCUT2D eigenvalue weighted by molar-refractivity contribution is -0.155. The van der Waals surface area contributed by atoms with E-state index in [1.807, 2.05) is 0 Å². The quantitative estimate of drug-likeness (QED) is 0.794. The van der Waals surface area contributed by atoms with Gasteiger partial charge in [-0.05, 0) is 6.07 Å². The van der Waals surface area contributed by atoms with Crippen molar-refractivity contribution >= 4 is 17.6 Å². The number of nitrogen functional groups attached to an aromatic ring is 1. The first-order valence-electron chi connectivity index (χ1n) is 6.91. The Morgan fingerprint density at radius 2 is 2.13 bits per heavy atom. The second kappa shape index (κ2) is 6.78. The summed E-state index contributed by atoms with van der Waals surface area (Å²) < 4.78 is 30.2. The average molecular weight is 328 g/mol. The molecule has 0 unspecified atom stereocenters. The van der Waals surface area contributed by atoms with Crippen LogP contribution in [-0.4, -0.2) is 35.3 Å². The number of carbonyl (C=O) groups excluding carboxylic acids is 2. The van der Waals surface area contributed by atoms with E-state index in [9.17, 15) is 18.8 Å². The zero-order valence-corrected chi connectivity index (χ0v) is 12.7. The first-order chi connectivity index (χ1) is 10.8. The fourth-order valence-electron chi connectivity index (χ4n) is 2.32. The fourth-order valence-corrected chi connectivity index (χ4v) is 2.32. The zero-order chi connectivity index (χ0) is 17.1. The van der Waals surface area contributed by atoms with Gasteiger partial charge in [0.1, 0.15) is 25.0 Å². The van der Waals surface area contributed by atoms with Crippen LogP contribution in [0.5, 0.6) is 0 Å². The Morgan fingerprint density at radius 3 is 2.74 bits per heavy atom. The third kappa shape index (κ3) is 3.86. The number of aromatic nitrogens is 1. The predicted molar refractivity (Wildman–Crippen MR) is 75.8 cm³/mol. The van der Waals surface area contributed by atoms with Crippen molar-refractivity contribution in [3.63, 3.8) is 0 Å². The van der Waals surface area contributed by atoms with E-state index in [0.717, 1.165) is 4.57 Å². The van der Waals surface area contributed by atoms with Crippen LogP contribution >= 0.6 is 0 Å². The Hall–Kier alpha value is -2.42. The Morgan fingerprint density at radius 1 is 1.43 bits per heavy atom. The Kier molecular flexibility index (Phi) is 4.99. The van der Waals surface area contributed by atoms with Crippen LogP contribution in [-0.2, 0) is 23.8 Å².